The first-order valence-electron chi connectivity index (χ1n) is 10.3. The first kappa shape index (κ1) is 18.9. The third-order valence-electron chi connectivity index (χ3n) is 6.08. The summed E-state index contributed by atoms with van der Waals surface area (Å²) >= 11 is 0. The van der Waals surface area contributed by atoms with Crippen LogP contribution in [0.5, 0.6) is 11.6 Å². The second kappa shape index (κ2) is 8.27. The van der Waals surface area contributed by atoms with Gasteiger partial charge in [-0.1, -0.05) is 31.4 Å². The van der Waals surface area contributed by atoms with Crippen LogP contribution in [0.3, 0.4) is 0 Å². The van der Waals surface area contributed by atoms with E-state index in [9.17, 15) is 15.0 Å². The molecule has 1 amide bonds. The number of hydrogen-bond acceptors (Lipinski definition) is 4. The first-order chi connectivity index (χ1) is 13.6. The molecule has 4 N–H and O–H groups in total. The zero-order valence-electron chi connectivity index (χ0n) is 16.0. The molecule has 1 aromatic heterocycles. The predicted molar refractivity (Wildman–Crippen MR) is 107 cm³/mol. The number of carbonyl (C=O) groups excluding carboxylic acids is 1. The molecule has 1 aliphatic carbocycles. The molecule has 1 aromatic carbocycles. The highest BCUT2D eigenvalue weighted by Gasteiger charge is 2.28. The van der Waals surface area contributed by atoms with Crippen LogP contribution in [0.2, 0.25) is 0 Å². The second-order valence-corrected chi connectivity index (χ2v) is 7.91. The molecule has 0 atom stereocenters. The molecule has 6 heteroatoms. The van der Waals surface area contributed by atoms with Gasteiger partial charge in [-0.2, -0.15) is 0 Å². The SMILES string of the molecule is O=C(Nc1ccc(C2CCCCC2)cc1)c1c(O)[nH]c(C2CCOCC2)c1O. The summed E-state index contributed by atoms with van der Waals surface area (Å²) in [7, 11) is 0. The quantitative estimate of drug-likeness (QED) is 0.619. The van der Waals surface area contributed by atoms with Crippen molar-refractivity contribution in [3.05, 3.63) is 41.1 Å². The van der Waals surface area contributed by atoms with Crippen molar-refractivity contribution in [2.75, 3.05) is 18.5 Å². The molecule has 4 rings (SSSR count). The van der Waals surface area contributed by atoms with Gasteiger partial charge in [0.15, 0.2) is 5.75 Å². The summed E-state index contributed by atoms with van der Waals surface area (Å²) < 4.78 is 5.34. The molecule has 150 valence electrons. The molecule has 6 nitrogen and oxygen atoms in total. The summed E-state index contributed by atoms with van der Waals surface area (Å²) in [6.07, 6.45) is 7.84. The van der Waals surface area contributed by atoms with E-state index in [1.54, 1.807) is 0 Å². The third kappa shape index (κ3) is 3.87. The van der Waals surface area contributed by atoms with Crippen molar-refractivity contribution < 1.29 is 19.7 Å². The molecular weight excluding hydrogens is 356 g/mol. The van der Waals surface area contributed by atoms with Crippen LogP contribution in [0.25, 0.3) is 0 Å². The maximum Gasteiger partial charge on any atom is 0.264 e. The lowest BCUT2D eigenvalue weighted by Crippen LogP contribution is -2.15. The second-order valence-electron chi connectivity index (χ2n) is 7.91. The smallest absolute Gasteiger partial charge is 0.264 e. The minimum atomic E-state index is -0.519. The van der Waals surface area contributed by atoms with E-state index < -0.39 is 5.91 Å². The van der Waals surface area contributed by atoms with Crippen LogP contribution in [0.1, 0.15) is 78.4 Å². The van der Waals surface area contributed by atoms with Gasteiger partial charge in [-0.15, -0.1) is 0 Å². The Balaban J connectivity index is 1.46. The van der Waals surface area contributed by atoms with Gasteiger partial charge in [0.05, 0.1) is 5.69 Å². The maximum atomic E-state index is 12.7. The van der Waals surface area contributed by atoms with Crippen LogP contribution < -0.4 is 5.32 Å². The van der Waals surface area contributed by atoms with Gasteiger partial charge in [0.1, 0.15) is 5.56 Å². The largest absolute Gasteiger partial charge is 0.505 e. The van der Waals surface area contributed by atoms with Crippen molar-refractivity contribution in [1.82, 2.24) is 4.98 Å². The number of carbonyl (C=O) groups is 1. The van der Waals surface area contributed by atoms with Gasteiger partial charge in [0, 0.05) is 24.8 Å². The molecule has 0 radical (unpaired) electrons. The Hall–Kier alpha value is -2.47. The Morgan fingerprint density at radius 3 is 2.32 bits per heavy atom. The zero-order valence-corrected chi connectivity index (χ0v) is 16.0. The minimum absolute atomic E-state index is 0.0518. The van der Waals surface area contributed by atoms with Gasteiger partial charge in [-0.3, -0.25) is 4.79 Å². The van der Waals surface area contributed by atoms with Crippen LogP contribution in [0.15, 0.2) is 24.3 Å². The molecule has 1 saturated heterocycles. The highest BCUT2D eigenvalue weighted by atomic mass is 16.5. The predicted octanol–water partition coefficient (Wildman–Crippen LogP) is 4.62. The average Bonchev–Trinajstić information content (AvgIpc) is 3.04. The van der Waals surface area contributed by atoms with Crippen molar-refractivity contribution in [2.24, 2.45) is 0 Å². The molecule has 0 unspecified atom stereocenters. The van der Waals surface area contributed by atoms with Gasteiger partial charge >= 0.3 is 0 Å². The fourth-order valence-electron chi connectivity index (χ4n) is 4.46. The van der Waals surface area contributed by atoms with Crippen molar-refractivity contribution in [1.29, 1.82) is 0 Å². The number of aromatic nitrogens is 1. The van der Waals surface area contributed by atoms with Crippen LogP contribution >= 0.6 is 0 Å². The van der Waals surface area contributed by atoms with Crippen molar-refractivity contribution in [3.8, 4) is 11.6 Å². The van der Waals surface area contributed by atoms with Crippen LogP contribution in [0, 0.1) is 0 Å². The zero-order chi connectivity index (χ0) is 19.5. The molecule has 0 bridgehead atoms. The Bertz CT molecular complexity index is 816. The van der Waals surface area contributed by atoms with E-state index in [0.717, 1.165) is 12.8 Å². The normalized spacial score (nSPS) is 18.9. The number of aromatic amines is 1. The summed E-state index contributed by atoms with van der Waals surface area (Å²) in [4.78, 5) is 15.5. The summed E-state index contributed by atoms with van der Waals surface area (Å²) in [6.45, 7) is 1.22. The Kier molecular flexibility index (Phi) is 5.57. The Labute approximate surface area is 164 Å². The van der Waals surface area contributed by atoms with Crippen LogP contribution in [-0.4, -0.2) is 34.3 Å². The number of amides is 1. The highest BCUT2D eigenvalue weighted by Crippen LogP contribution is 2.39. The standard InChI is InChI=1S/C22H28N2O4/c25-20-18(22(27)24-19(20)16-10-12-28-13-11-16)21(26)23-17-8-6-15(7-9-17)14-4-2-1-3-5-14/h6-9,14,16,24-25,27H,1-5,10-13H2,(H,23,26). The fourth-order valence-corrected chi connectivity index (χ4v) is 4.46. The van der Waals surface area contributed by atoms with E-state index in [4.69, 9.17) is 4.74 Å². The number of ether oxygens (including phenoxy) is 1. The van der Waals surface area contributed by atoms with Gasteiger partial charge in [0.2, 0.25) is 5.88 Å². The van der Waals surface area contributed by atoms with Crippen molar-refractivity contribution in [3.63, 3.8) is 0 Å². The average molecular weight is 384 g/mol. The van der Waals surface area contributed by atoms with Gasteiger partial charge in [-0.25, -0.2) is 0 Å². The topological polar surface area (TPSA) is 94.6 Å². The van der Waals surface area contributed by atoms with Crippen molar-refractivity contribution in [2.45, 2.75) is 56.8 Å². The number of H-pyrrole nitrogens is 1. The molecule has 1 aliphatic heterocycles. The Morgan fingerprint density at radius 1 is 0.964 bits per heavy atom. The number of hydrogen-bond donors (Lipinski definition) is 4. The molecule has 2 aliphatic rings. The maximum absolute atomic E-state index is 12.7. The van der Waals surface area contributed by atoms with E-state index in [1.807, 2.05) is 12.1 Å². The number of benzene rings is 1. The lowest BCUT2D eigenvalue weighted by molar-refractivity contribution is 0.0840. The van der Waals surface area contributed by atoms with Crippen LogP contribution in [-0.2, 0) is 4.74 Å². The van der Waals surface area contributed by atoms with E-state index in [-0.39, 0.29) is 23.1 Å². The molecule has 2 fully saturated rings. The molecule has 28 heavy (non-hydrogen) atoms. The monoisotopic (exact) mass is 384 g/mol. The van der Waals surface area contributed by atoms with Gasteiger partial charge < -0.3 is 25.3 Å². The number of aromatic hydroxyl groups is 2. The number of anilines is 1. The number of nitrogens with one attached hydrogen (secondary N) is 2. The first-order valence-corrected chi connectivity index (χ1v) is 10.3. The summed E-state index contributed by atoms with van der Waals surface area (Å²) in [6, 6.07) is 7.91. The molecule has 2 heterocycles. The molecule has 1 saturated carbocycles. The highest BCUT2D eigenvalue weighted by molar-refractivity contribution is 6.08. The van der Waals surface area contributed by atoms with Gasteiger partial charge in [0.25, 0.3) is 5.91 Å². The number of rotatable bonds is 4. The van der Waals surface area contributed by atoms with Crippen LogP contribution in [0.4, 0.5) is 5.69 Å². The third-order valence-corrected chi connectivity index (χ3v) is 6.08. The molecular formula is C22H28N2O4. The van der Waals surface area contributed by atoms with E-state index in [1.165, 1.54) is 37.7 Å². The van der Waals surface area contributed by atoms with Gasteiger partial charge in [-0.05, 0) is 49.3 Å². The summed E-state index contributed by atoms with van der Waals surface area (Å²) in [5, 5.41) is 23.5. The minimum Gasteiger partial charge on any atom is -0.505 e. The van der Waals surface area contributed by atoms with E-state index in [0.29, 0.717) is 30.5 Å². The fraction of sp³-hybridized carbons (Fsp3) is 0.500. The summed E-state index contributed by atoms with van der Waals surface area (Å²) in [5.41, 5.74) is 2.38. The molecule has 0 spiro atoms. The van der Waals surface area contributed by atoms with E-state index >= 15 is 0 Å². The van der Waals surface area contributed by atoms with Crippen molar-refractivity contribution >= 4 is 11.6 Å². The van der Waals surface area contributed by atoms with E-state index in [2.05, 4.69) is 22.4 Å². The summed E-state index contributed by atoms with van der Waals surface area (Å²) in [5.74, 6) is -0.319. The molecule has 2 aromatic rings. The lowest BCUT2D eigenvalue weighted by Gasteiger charge is -2.22. The lowest BCUT2D eigenvalue weighted by atomic mass is 9.84. The Morgan fingerprint density at radius 2 is 1.64 bits per heavy atom.